The Morgan fingerprint density at radius 1 is 1.35 bits per heavy atom. The van der Waals surface area contributed by atoms with E-state index >= 15 is 0 Å². The third kappa shape index (κ3) is 1.51. The highest BCUT2D eigenvalue weighted by atomic mass is 32.1. The molecule has 3 nitrogen and oxygen atoms in total. The number of anilines is 1. The molecule has 1 aromatic heterocycles. The van der Waals surface area contributed by atoms with Gasteiger partial charge in [0.05, 0.1) is 6.04 Å². The molecule has 1 amide bonds. The van der Waals surface area contributed by atoms with Crippen molar-refractivity contribution < 1.29 is 4.79 Å². The van der Waals surface area contributed by atoms with Gasteiger partial charge in [-0.3, -0.25) is 9.69 Å². The topological polar surface area (TPSA) is 33.2 Å². The van der Waals surface area contributed by atoms with Gasteiger partial charge in [-0.1, -0.05) is 30.8 Å². The molecule has 100 valence electrons. The first-order valence-corrected chi connectivity index (χ1v) is 7.65. The highest BCUT2D eigenvalue weighted by Crippen LogP contribution is 2.46. The number of amides is 1. The van der Waals surface area contributed by atoms with E-state index in [1.54, 1.807) is 6.20 Å². The summed E-state index contributed by atoms with van der Waals surface area (Å²) in [5.41, 5.74) is 3.32. The van der Waals surface area contributed by atoms with Crippen LogP contribution in [0.1, 0.15) is 23.5 Å². The fourth-order valence-corrected chi connectivity index (χ4v) is 4.14. The lowest BCUT2D eigenvalue weighted by molar-refractivity contribution is -0.114. The molecule has 1 saturated heterocycles. The number of rotatable bonds is 1. The molecule has 1 aromatic carbocycles. The zero-order chi connectivity index (χ0) is 13.7. The van der Waals surface area contributed by atoms with Crippen molar-refractivity contribution in [1.82, 2.24) is 4.98 Å². The Bertz CT molecular complexity index is 692. The quantitative estimate of drug-likeness (QED) is 0.753. The van der Waals surface area contributed by atoms with Crippen molar-refractivity contribution in [2.45, 2.75) is 24.8 Å². The molecule has 2 atom stereocenters. The molecule has 1 aliphatic heterocycles. The standard InChI is InChI=1S/C16H14N2OS/c1-10-14-12-5-3-2-4-11(12)6-7-13(14)18(15(10)19)16-17-8-9-20-16/h2-5,8-9,13-14H,1,6-7H2. The normalized spacial score (nSPS) is 24.7. The Labute approximate surface area is 121 Å². The van der Waals surface area contributed by atoms with Gasteiger partial charge in [0.15, 0.2) is 5.13 Å². The number of aromatic nitrogens is 1. The van der Waals surface area contributed by atoms with Gasteiger partial charge in [0.25, 0.3) is 5.91 Å². The van der Waals surface area contributed by atoms with E-state index in [2.05, 4.69) is 29.8 Å². The smallest absolute Gasteiger partial charge is 0.256 e. The zero-order valence-corrected chi connectivity index (χ0v) is 11.8. The van der Waals surface area contributed by atoms with Crippen LogP contribution in [0, 0.1) is 0 Å². The Balaban J connectivity index is 1.83. The van der Waals surface area contributed by atoms with E-state index in [0.717, 1.165) is 18.0 Å². The van der Waals surface area contributed by atoms with Crippen LogP contribution < -0.4 is 4.90 Å². The number of nitrogens with zero attached hydrogens (tertiary/aromatic N) is 2. The lowest BCUT2D eigenvalue weighted by atomic mass is 9.78. The van der Waals surface area contributed by atoms with Crippen molar-refractivity contribution in [3.63, 3.8) is 0 Å². The van der Waals surface area contributed by atoms with E-state index in [9.17, 15) is 4.79 Å². The minimum Gasteiger partial charge on any atom is -0.280 e. The number of fused-ring (bicyclic) bond motifs is 3. The molecule has 2 aliphatic rings. The predicted octanol–water partition coefficient (Wildman–Crippen LogP) is 3.14. The summed E-state index contributed by atoms with van der Waals surface area (Å²) < 4.78 is 0. The van der Waals surface area contributed by atoms with Gasteiger partial charge in [-0.05, 0) is 24.0 Å². The van der Waals surface area contributed by atoms with Crippen molar-refractivity contribution >= 4 is 22.4 Å². The second-order valence-electron chi connectivity index (χ2n) is 5.30. The molecule has 1 aliphatic carbocycles. The molecular formula is C16H14N2OS. The summed E-state index contributed by atoms with van der Waals surface area (Å²) in [5.74, 6) is 0.156. The Morgan fingerprint density at radius 2 is 2.20 bits per heavy atom. The molecule has 0 radical (unpaired) electrons. The number of benzene rings is 1. The van der Waals surface area contributed by atoms with Gasteiger partial charge in [0.1, 0.15) is 0 Å². The average Bonchev–Trinajstić information content (AvgIpc) is 3.07. The SMILES string of the molecule is C=C1C(=O)N(c2nccs2)C2CCc3ccccc3C12. The highest BCUT2D eigenvalue weighted by Gasteiger charge is 2.47. The van der Waals surface area contributed by atoms with Crippen LogP contribution in [0.15, 0.2) is 48.0 Å². The second-order valence-corrected chi connectivity index (χ2v) is 6.17. The summed E-state index contributed by atoms with van der Waals surface area (Å²) in [6.45, 7) is 4.06. The molecule has 0 N–H and O–H groups in total. The summed E-state index contributed by atoms with van der Waals surface area (Å²) in [6.07, 6.45) is 3.74. The molecule has 2 aromatic rings. The van der Waals surface area contributed by atoms with Crippen molar-refractivity contribution in [3.05, 3.63) is 59.1 Å². The predicted molar refractivity (Wildman–Crippen MR) is 80.0 cm³/mol. The van der Waals surface area contributed by atoms with Gasteiger partial charge >= 0.3 is 0 Å². The summed E-state index contributed by atoms with van der Waals surface area (Å²) >= 11 is 1.52. The number of hydrogen-bond donors (Lipinski definition) is 0. The van der Waals surface area contributed by atoms with Crippen molar-refractivity contribution in [3.8, 4) is 0 Å². The molecular weight excluding hydrogens is 268 g/mol. The van der Waals surface area contributed by atoms with E-state index < -0.39 is 0 Å². The maximum absolute atomic E-state index is 12.6. The molecule has 0 saturated carbocycles. The van der Waals surface area contributed by atoms with E-state index in [4.69, 9.17) is 0 Å². The maximum Gasteiger partial charge on any atom is 0.256 e. The van der Waals surface area contributed by atoms with Gasteiger partial charge in [0.2, 0.25) is 0 Å². The largest absolute Gasteiger partial charge is 0.280 e. The maximum atomic E-state index is 12.6. The minimum absolute atomic E-state index is 0.0339. The Hall–Kier alpha value is -1.94. The number of aryl methyl sites for hydroxylation is 1. The molecule has 4 heteroatoms. The van der Waals surface area contributed by atoms with Crippen LogP contribution in [0.4, 0.5) is 5.13 Å². The molecule has 2 heterocycles. The van der Waals surface area contributed by atoms with E-state index in [1.807, 2.05) is 16.3 Å². The van der Waals surface area contributed by atoms with Gasteiger partial charge in [-0.2, -0.15) is 0 Å². The second kappa shape index (κ2) is 4.28. The number of carbonyl (C=O) groups is 1. The molecule has 0 bridgehead atoms. The Morgan fingerprint density at radius 3 is 3.00 bits per heavy atom. The number of carbonyl (C=O) groups excluding carboxylic acids is 1. The molecule has 4 rings (SSSR count). The van der Waals surface area contributed by atoms with Crippen LogP contribution in [0.3, 0.4) is 0 Å². The fraction of sp³-hybridized carbons (Fsp3) is 0.250. The third-order valence-corrected chi connectivity index (χ3v) is 5.08. The van der Waals surface area contributed by atoms with Crippen LogP contribution in [0.2, 0.25) is 0 Å². The summed E-state index contributed by atoms with van der Waals surface area (Å²) in [6, 6.07) is 8.59. The fourth-order valence-electron chi connectivity index (χ4n) is 3.44. The highest BCUT2D eigenvalue weighted by molar-refractivity contribution is 7.13. The van der Waals surface area contributed by atoms with Crippen molar-refractivity contribution in [1.29, 1.82) is 0 Å². The van der Waals surface area contributed by atoms with Crippen LogP contribution in [-0.2, 0) is 11.2 Å². The zero-order valence-electron chi connectivity index (χ0n) is 11.0. The molecule has 20 heavy (non-hydrogen) atoms. The Kier molecular flexibility index (Phi) is 2.54. The summed E-state index contributed by atoms with van der Waals surface area (Å²) in [4.78, 5) is 18.7. The van der Waals surface area contributed by atoms with Crippen LogP contribution in [0.25, 0.3) is 0 Å². The van der Waals surface area contributed by atoms with Crippen LogP contribution >= 0.6 is 11.3 Å². The lowest BCUT2D eigenvalue weighted by Gasteiger charge is -2.31. The first kappa shape index (κ1) is 11.9. The lowest BCUT2D eigenvalue weighted by Crippen LogP contribution is -2.37. The number of thiazole rings is 1. The monoisotopic (exact) mass is 282 g/mol. The van der Waals surface area contributed by atoms with E-state index in [1.165, 1.54) is 22.5 Å². The van der Waals surface area contributed by atoms with Crippen molar-refractivity contribution in [2.75, 3.05) is 4.90 Å². The van der Waals surface area contributed by atoms with E-state index in [0.29, 0.717) is 5.57 Å². The molecule has 2 unspecified atom stereocenters. The van der Waals surface area contributed by atoms with Gasteiger partial charge in [0, 0.05) is 23.1 Å². The summed E-state index contributed by atoms with van der Waals surface area (Å²) in [5, 5.41) is 2.71. The molecule has 1 fully saturated rings. The third-order valence-electron chi connectivity index (χ3n) is 4.31. The summed E-state index contributed by atoms with van der Waals surface area (Å²) in [7, 11) is 0. The first-order valence-electron chi connectivity index (χ1n) is 6.77. The van der Waals surface area contributed by atoms with Gasteiger partial charge in [-0.15, -0.1) is 11.3 Å². The van der Waals surface area contributed by atoms with Gasteiger partial charge < -0.3 is 0 Å². The molecule has 0 spiro atoms. The first-order chi connectivity index (χ1) is 9.77. The minimum atomic E-state index is 0.0339. The van der Waals surface area contributed by atoms with Crippen LogP contribution in [0.5, 0.6) is 0 Å². The van der Waals surface area contributed by atoms with Gasteiger partial charge in [-0.25, -0.2) is 4.98 Å². The van der Waals surface area contributed by atoms with E-state index in [-0.39, 0.29) is 17.9 Å². The average molecular weight is 282 g/mol. The number of hydrogen-bond acceptors (Lipinski definition) is 3. The van der Waals surface area contributed by atoms with Crippen LogP contribution in [-0.4, -0.2) is 16.9 Å². The van der Waals surface area contributed by atoms with Crippen molar-refractivity contribution in [2.24, 2.45) is 0 Å².